The molecule has 76 valence electrons. The van der Waals surface area contributed by atoms with E-state index in [1.807, 2.05) is 18.3 Å². The maximum absolute atomic E-state index is 5.51. The third-order valence-electron chi connectivity index (χ3n) is 2.65. The Hall–Kier alpha value is -0.450. The van der Waals surface area contributed by atoms with Crippen LogP contribution in [0.4, 0.5) is 0 Å². The molecule has 14 heavy (non-hydrogen) atoms. The fourth-order valence-electron chi connectivity index (χ4n) is 1.60. The predicted octanol–water partition coefficient (Wildman–Crippen LogP) is 1.38. The highest BCUT2D eigenvalue weighted by Crippen LogP contribution is 2.24. The topological polar surface area (TPSA) is 34.1 Å². The highest BCUT2D eigenvalue weighted by atomic mass is 79.9. The lowest BCUT2D eigenvalue weighted by molar-refractivity contribution is -0.0509. The average molecular weight is 257 g/mol. The van der Waals surface area contributed by atoms with Gasteiger partial charge < -0.3 is 10.1 Å². The number of rotatable bonds is 3. The molecule has 1 aliphatic rings. The Labute approximate surface area is 92.0 Å². The average Bonchev–Trinajstić information content (AvgIpc) is 2.14. The second kappa shape index (κ2) is 3.96. The summed E-state index contributed by atoms with van der Waals surface area (Å²) < 4.78 is 6.57. The SMILES string of the molecule is COC1(Cc2ncccc2Br)CNC1. The smallest absolute Gasteiger partial charge is 0.0981 e. The third kappa shape index (κ3) is 1.82. The molecule has 0 atom stereocenters. The van der Waals surface area contributed by atoms with Gasteiger partial charge in [0.15, 0.2) is 0 Å². The second-order valence-electron chi connectivity index (χ2n) is 3.60. The summed E-state index contributed by atoms with van der Waals surface area (Å²) in [6.07, 6.45) is 2.67. The molecule has 3 nitrogen and oxygen atoms in total. The van der Waals surface area contributed by atoms with Gasteiger partial charge in [0.05, 0.1) is 11.3 Å². The molecule has 1 aromatic rings. The third-order valence-corrected chi connectivity index (χ3v) is 3.37. The van der Waals surface area contributed by atoms with Crippen LogP contribution in [0.15, 0.2) is 22.8 Å². The number of pyridine rings is 1. The van der Waals surface area contributed by atoms with Gasteiger partial charge in [-0.3, -0.25) is 4.98 Å². The van der Waals surface area contributed by atoms with Crippen LogP contribution in [0.3, 0.4) is 0 Å². The first-order chi connectivity index (χ1) is 6.76. The highest BCUT2D eigenvalue weighted by molar-refractivity contribution is 9.10. The molecule has 1 aromatic heterocycles. The first-order valence-electron chi connectivity index (χ1n) is 4.61. The van der Waals surface area contributed by atoms with E-state index >= 15 is 0 Å². The molecule has 0 aromatic carbocycles. The summed E-state index contributed by atoms with van der Waals surface area (Å²) in [5.41, 5.74) is 1.02. The van der Waals surface area contributed by atoms with E-state index in [-0.39, 0.29) is 5.60 Å². The highest BCUT2D eigenvalue weighted by Gasteiger charge is 2.37. The van der Waals surface area contributed by atoms with E-state index in [2.05, 4.69) is 26.2 Å². The lowest BCUT2D eigenvalue weighted by atomic mass is 9.91. The van der Waals surface area contributed by atoms with E-state index in [9.17, 15) is 0 Å². The maximum atomic E-state index is 5.51. The van der Waals surface area contributed by atoms with Crippen LogP contribution in [0.5, 0.6) is 0 Å². The summed E-state index contributed by atoms with van der Waals surface area (Å²) in [5, 5.41) is 3.22. The van der Waals surface area contributed by atoms with Gasteiger partial charge in [0, 0.05) is 37.3 Å². The predicted molar refractivity (Wildman–Crippen MR) is 58.3 cm³/mol. The molecule has 0 bridgehead atoms. The van der Waals surface area contributed by atoms with Crippen LogP contribution in [0.2, 0.25) is 0 Å². The molecule has 1 saturated heterocycles. The van der Waals surface area contributed by atoms with Crippen molar-refractivity contribution < 1.29 is 4.74 Å². The van der Waals surface area contributed by atoms with Crippen LogP contribution < -0.4 is 5.32 Å². The summed E-state index contributed by atoms with van der Waals surface area (Å²) in [6, 6.07) is 3.93. The molecular weight excluding hydrogens is 244 g/mol. The van der Waals surface area contributed by atoms with Crippen molar-refractivity contribution in [2.75, 3.05) is 20.2 Å². The van der Waals surface area contributed by atoms with E-state index in [1.54, 1.807) is 7.11 Å². The Morgan fingerprint density at radius 1 is 1.64 bits per heavy atom. The van der Waals surface area contributed by atoms with Gasteiger partial charge in [-0.05, 0) is 28.1 Å². The second-order valence-corrected chi connectivity index (χ2v) is 4.45. The summed E-state index contributed by atoms with van der Waals surface area (Å²) in [4.78, 5) is 4.34. The van der Waals surface area contributed by atoms with Crippen LogP contribution in [-0.4, -0.2) is 30.8 Å². The summed E-state index contributed by atoms with van der Waals surface area (Å²) in [6.45, 7) is 1.82. The number of nitrogens with zero attached hydrogens (tertiary/aromatic N) is 1. The Bertz CT molecular complexity index is 320. The molecule has 0 unspecified atom stereocenters. The molecular formula is C10H13BrN2O. The van der Waals surface area contributed by atoms with Crippen LogP contribution >= 0.6 is 15.9 Å². The van der Waals surface area contributed by atoms with Crippen LogP contribution in [-0.2, 0) is 11.2 Å². The van der Waals surface area contributed by atoms with Gasteiger partial charge in [0.1, 0.15) is 0 Å². The Balaban J connectivity index is 2.13. The number of methoxy groups -OCH3 is 1. The molecule has 2 heterocycles. The van der Waals surface area contributed by atoms with Crippen molar-refractivity contribution in [1.82, 2.24) is 10.3 Å². The van der Waals surface area contributed by atoms with E-state index < -0.39 is 0 Å². The number of hydrogen-bond donors (Lipinski definition) is 1. The normalized spacial score (nSPS) is 19.0. The van der Waals surface area contributed by atoms with Crippen molar-refractivity contribution in [3.8, 4) is 0 Å². The number of hydrogen-bond acceptors (Lipinski definition) is 3. The minimum Gasteiger partial charge on any atom is -0.375 e. The van der Waals surface area contributed by atoms with E-state index in [4.69, 9.17) is 4.74 Å². The lowest BCUT2D eigenvalue weighted by Crippen LogP contribution is -2.62. The van der Waals surface area contributed by atoms with Gasteiger partial charge in [-0.15, -0.1) is 0 Å². The zero-order valence-electron chi connectivity index (χ0n) is 8.09. The van der Waals surface area contributed by atoms with Gasteiger partial charge in [0.25, 0.3) is 0 Å². The fraction of sp³-hybridized carbons (Fsp3) is 0.500. The summed E-state index contributed by atoms with van der Waals surface area (Å²) >= 11 is 3.49. The molecule has 0 saturated carbocycles. The van der Waals surface area contributed by atoms with Crippen molar-refractivity contribution in [3.05, 3.63) is 28.5 Å². The molecule has 2 rings (SSSR count). The van der Waals surface area contributed by atoms with Crippen molar-refractivity contribution in [1.29, 1.82) is 0 Å². The van der Waals surface area contributed by atoms with Gasteiger partial charge in [0.2, 0.25) is 0 Å². The van der Waals surface area contributed by atoms with Gasteiger partial charge >= 0.3 is 0 Å². The van der Waals surface area contributed by atoms with Crippen molar-refractivity contribution in [2.24, 2.45) is 0 Å². The lowest BCUT2D eigenvalue weighted by Gasteiger charge is -2.41. The number of aromatic nitrogens is 1. The van der Waals surface area contributed by atoms with Crippen molar-refractivity contribution in [3.63, 3.8) is 0 Å². The number of halogens is 1. The maximum Gasteiger partial charge on any atom is 0.0981 e. The van der Waals surface area contributed by atoms with E-state index in [0.717, 1.165) is 29.7 Å². The largest absolute Gasteiger partial charge is 0.375 e. The van der Waals surface area contributed by atoms with Crippen molar-refractivity contribution >= 4 is 15.9 Å². The minimum absolute atomic E-state index is 0.0448. The van der Waals surface area contributed by atoms with Crippen molar-refractivity contribution in [2.45, 2.75) is 12.0 Å². The molecule has 4 heteroatoms. The van der Waals surface area contributed by atoms with Gasteiger partial charge in [-0.25, -0.2) is 0 Å². The van der Waals surface area contributed by atoms with Crippen LogP contribution in [0.1, 0.15) is 5.69 Å². The fourth-order valence-corrected chi connectivity index (χ4v) is 1.99. The first kappa shape index (κ1) is 10.1. The van der Waals surface area contributed by atoms with Crippen LogP contribution in [0.25, 0.3) is 0 Å². The van der Waals surface area contributed by atoms with E-state index in [0.29, 0.717) is 0 Å². The first-order valence-corrected chi connectivity index (χ1v) is 5.40. The molecule has 0 radical (unpaired) electrons. The molecule has 0 aliphatic carbocycles. The number of ether oxygens (including phenoxy) is 1. The Kier molecular flexibility index (Phi) is 2.85. The zero-order valence-corrected chi connectivity index (χ0v) is 9.67. The van der Waals surface area contributed by atoms with Gasteiger partial charge in [-0.2, -0.15) is 0 Å². The molecule has 1 N–H and O–H groups in total. The van der Waals surface area contributed by atoms with E-state index in [1.165, 1.54) is 0 Å². The molecule has 0 amide bonds. The molecule has 0 spiro atoms. The Morgan fingerprint density at radius 3 is 2.93 bits per heavy atom. The standard InChI is InChI=1S/C10H13BrN2O/c1-14-10(6-12-7-10)5-9-8(11)3-2-4-13-9/h2-4,12H,5-7H2,1H3. The van der Waals surface area contributed by atoms with Gasteiger partial charge in [-0.1, -0.05) is 0 Å². The molecule has 1 aliphatic heterocycles. The van der Waals surface area contributed by atoms with Crippen LogP contribution in [0, 0.1) is 0 Å². The Morgan fingerprint density at radius 2 is 2.43 bits per heavy atom. The number of nitrogens with one attached hydrogen (secondary N) is 1. The quantitative estimate of drug-likeness (QED) is 0.888. The minimum atomic E-state index is -0.0448. The zero-order chi connectivity index (χ0) is 10.0. The summed E-state index contributed by atoms with van der Waals surface area (Å²) in [5.74, 6) is 0. The summed E-state index contributed by atoms with van der Waals surface area (Å²) in [7, 11) is 1.76. The molecule has 1 fully saturated rings. The monoisotopic (exact) mass is 256 g/mol.